The van der Waals surface area contributed by atoms with E-state index in [1.165, 1.54) is 25.7 Å². The summed E-state index contributed by atoms with van der Waals surface area (Å²) in [5.41, 5.74) is 2.66. The zero-order valence-corrected chi connectivity index (χ0v) is 12.7. The number of nitrogens with one attached hydrogen (secondary N) is 2. The van der Waals surface area contributed by atoms with Crippen molar-refractivity contribution >= 4 is 11.0 Å². The number of hydrogen-bond acceptors (Lipinski definition) is 2. The first-order valence-electron chi connectivity index (χ1n) is 7.74. The number of H-pyrrole nitrogens is 1. The molecule has 1 aliphatic carbocycles. The lowest BCUT2D eigenvalue weighted by molar-refractivity contribution is 0.190. The van der Waals surface area contributed by atoms with Crippen LogP contribution in [-0.4, -0.2) is 16.0 Å². The molecule has 0 bridgehead atoms. The zero-order valence-electron chi connectivity index (χ0n) is 12.7. The number of benzene rings is 1. The summed E-state index contributed by atoms with van der Waals surface area (Å²) in [7, 11) is 0. The number of fused-ring (bicyclic) bond motifs is 1. The molecule has 2 N–H and O–H groups in total. The van der Waals surface area contributed by atoms with E-state index < -0.39 is 0 Å². The summed E-state index contributed by atoms with van der Waals surface area (Å²) in [5, 5.41) is 3.76. The molecule has 1 heterocycles. The molecular weight excluding hydrogens is 246 g/mol. The summed E-state index contributed by atoms with van der Waals surface area (Å²) in [6, 6.07) is 9.12. The number of para-hydroxylation sites is 2. The monoisotopic (exact) mass is 271 g/mol. The third-order valence-corrected chi connectivity index (χ3v) is 4.51. The van der Waals surface area contributed by atoms with Crippen LogP contribution in [0.25, 0.3) is 11.0 Å². The highest BCUT2D eigenvalue weighted by molar-refractivity contribution is 5.74. The molecule has 0 spiro atoms. The Labute approximate surface area is 121 Å². The lowest BCUT2D eigenvalue weighted by Crippen LogP contribution is -2.38. The van der Waals surface area contributed by atoms with E-state index in [1.54, 1.807) is 0 Å². The van der Waals surface area contributed by atoms with Gasteiger partial charge in [0.2, 0.25) is 0 Å². The van der Waals surface area contributed by atoms with Crippen LogP contribution in [0.5, 0.6) is 0 Å². The van der Waals surface area contributed by atoms with Gasteiger partial charge in [-0.1, -0.05) is 32.4 Å². The average molecular weight is 271 g/mol. The molecule has 3 rings (SSSR count). The second-order valence-corrected chi connectivity index (χ2v) is 6.99. The summed E-state index contributed by atoms with van der Waals surface area (Å²) in [4.78, 5) is 8.13. The van der Waals surface area contributed by atoms with Crippen molar-refractivity contribution in [1.29, 1.82) is 0 Å². The number of rotatable bonds is 3. The van der Waals surface area contributed by atoms with E-state index in [4.69, 9.17) is 4.98 Å². The predicted molar refractivity (Wildman–Crippen MR) is 83.7 cm³/mol. The van der Waals surface area contributed by atoms with Crippen molar-refractivity contribution < 1.29 is 0 Å². The molecule has 3 nitrogen and oxygen atoms in total. The number of aromatic nitrogens is 2. The maximum absolute atomic E-state index is 4.70. The summed E-state index contributed by atoms with van der Waals surface area (Å²) < 4.78 is 0. The normalized spacial score (nSPS) is 23.9. The largest absolute Gasteiger partial charge is 0.341 e. The van der Waals surface area contributed by atoms with Crippen LogP contribution in [0.1, 0.15) is 58.3 Å². The molecule has 1 saturated carbocycles. The first kappa shape index (κ1) is 13.6. The van der Waals surface area contributed by atoms with Gasteiger partial charge in [0.05, 0.1) is 17.1 Å². The van der Waals surface area contributed by atoms with Gasteiger partial charge in [-0.3, -0.25) is 0 Å². The maximum Gasteiger partial charge on any atom is 0.124 e. The first-order chi connectivity index (χ1) is 9.53. The third-order valence-electron chi connectivity index (χ3n) is 4.51. The Morgan fingerprint density at radius 3 is 2.90 bits per heavy atom. The van der Waals surface area contributed by atoms with Gasteiger partial charge in [-0.05, 0) is 43.7 Å². The molecule has 0 saturated heterocycles. The van der Waals surface area contributed by atoms with Crippen molar-refractivity contribution in [2.75, 3.05) is 0 Å². The second kappa shape index (κ2) is 5.21. The SMILES string of the molecule is CC(NC1CCCC(C)(C)C1)c1nc2ccccc2[nH]1. The van der Waals surface area contributed by atoms with E-state index in [9.17, 15) is 0 Å². The van der Waals surface area contributed by atoms with Crippen molar-refractivity contribution in [2.24, 2.45) is 5.41 Å². The zero-order chi connectivity index (χ0) is 14.2. The second-order valence-electron chi connectivity index (χ2n) is 6.99. The molecule has 1 aromatic heterocycles. The van der Waals surface area contributed by atoms with E-state index in [0.29, 0.717) is 11.5 Å². The highest BCUT2D eigenvalue weighted by atomic mass is 15.0. The molecule has 2 atom stereocenters. The number of hydrogen-bond donors (Lipinski definition) is 2. The third kappa shape index (κ3) is 2.88. The summed E-state index contributed by atoms with van der Waals surface area (Å²) in [6.07, 6.45) is 5.23. The lowest BCUT2D eigenvalue weighted by atomic mass is 9.75. The van der Waals surface area contributed by atoms with Gasteiger partial charge in [0.1, 0.15) is 5.82 Å². The average Bonchev–Trinajstić information content (AvgIpc) is 2.81. The maximum atomic E-state index is 4.70. The molecule has 1 aliphatic rings. The van der Waals surface area contributed by atoms with Crippen LogP contribution in [-0.2, 0) is 0 Å². The molecule has 108 valence electrons. The van der Waals surface area contributed by atoms with E-state index in [-0.39, 0.29) is 6.04 Å². The van der Waals surface area contributed by atoms with Gasteiger partial charge >= 0.3 is 0 Å². The summed E-state index contributed by atoms with van der Waals surface area (Å²) in [6.45, 7) is 6.97. The Bertz CT molecular complexity index is 552. The molecule has 0 radical (unpaired) electrons. The van der Waals surface area contributed by atoms with Crippen LogP contribution in [0.2, 0.25) is 0 Å². The molecule has 2 aromatic rings. The molecule has 1 aromatic carbocycles. The molecule has 20 heavy (non-hydrogen) atoms. The van der Waals surface area contributed by atoms with Crippen molar-refractivity contribution in [1.82, 2.24) is 15.3 Å². The number of imidazole rings is 1. The Hall–Kier alpha value is -1.35. The fourth-order valence-electron chi connectivity index (χ4n) is 3.45. The van der Waals surface area contributed by atoms with Gasteiger partial charge in [0.25, 0.3) is 0 Å². The quantitative estimate of drug-likeness (QED) is 0.879. The van der Waals surface area contributed by atoms with Crippen molar-refractivity contribution in [2.45, 2.75) is 58.5 Å². The van der Waals surface area contributed by atoms with Crippen LogP contribution in [0.4, 0.5) is 0 Å². The molecular formula is C17H25N3. The fraction of sp³-hybridized carbons (Fsp3) is 0.588. The van der Waals surface area contributed by atoms with Gasteiger partial charge in [0.15, 0.2) is 0 Å². The van der Waals surface area contributed by atoms with Crippen LogP contribution >= 0.6 is 0 Å². The van der Waals surface area contributed by atoms with Crippen LogP contribution in [0, 0.1) is 5.41 Å². The Kier molecular flexibility index (Phi) is 3.55. The van der Waals surface area contributed by atoms with Gasteiger partial charge in [-0.25, -0.2) is 4.98 Å². The van der Waals surface area contributed by atoms with E-state index in [0.717, 1.165) is 16.9 Å². The summed E-state index contributed by atoms with van der Waals surface area (Å²) >= 11 is 0. The van der Waals surface area contributed by atoms with E-state index in [1.807, 2.05) is 12.1 Å². The Balaban J connectivity index is 1.71. The highest BCUT2D eigenvalue weighted by Gasteiger charge is 2.29. The van der Waals surface area contributed by atoms with Gasteiger partial charge in [-0.2, -0.15) is 0 Å². The fourth-order valence-corrected chi connectivity index (χ4v) is 3.45. The predicted octanol–water partition coefficient (Wildman–Crippen LogP) is 4.18. The lowest BCUT2D eigenvalue weighted by Gasteiger charge is -2.36. The highest BCUT2D eigenvalue weighted by Crippen LogP contribution is 2.35. The first-order valence-corrected chi connectivity index (χ1v) is 7.74. The smallest absolute Gasteiger partial charge is 0.124 e. The van der Waals surface area contributed by atoms with Crippen molar-refractivity contribution in [3.05, 3.63) is 30.1 Å². The van der Waals surface area contributed by atoms with Crippen molar-refractivity contribution in [3.8, 4) is 0 Å². The molecule has 2 unspecified atom stereocenters. The summed E-state index contributed by atoms with van der Waals surface area (Å²) in [5.74, 6) is 1.05. The Morgan fingerprint density at radius 1 is 1.35 bits per heavy atom. The van der Waals surface area contributed by atoms with E-state index in [2.05, 4.69) is 43.2 Å². The van der Waals surface area contributed by atoms with Gasteiger partial charge < -0.3 is 10.3 Å². The number of nitrogens with zero attached hydrogens (tertiary/aromatic N) is 1. The van der Waals surface area contributed by atoms with Crippen LogP contribution in [0.3, 0.4) is 0 Å². The molecule has 1 fully saturated rings. The van der Waals surface area contributed by atoms with Crippen LogP contribution in [0.15, 0.2) is 24.3 Å². The number of aromatic amines is 1. The molecule has 0 amide bonds. The minimum absolute atomic E-state index is 0.279. The molecule has 3 heteroatoms. The van der Waals surface area contributed by atoms with Crippen LogP contribution < -0.4 is 5.32 Å². The Morgan fingerprint density at radius 2 is 2.15 bits per heavy atom. The minimum Gasteiger partial charge on any atom is -0.341 e. The minimum atomic E-state index is 0.279. The van der Waals surface area contributed by atoms with Crippen molar-refractivity contribution in [3.63, 3.8) is 0 Å². The van der Waals surface area contributed by atoms with Gasteiger partial charge in [-0.15, -0.1) is 0 Å². The topological polar surface area (TPSA) is 40.7 Å². The van der Waals surface area contributed by atoms with E-state index >= 15 is 0 Å². The standard InChI is InChI=1S/C17H25N3/c1-12(18-13-7-6-10-17(2,3)11-13)16-19-14-8-4-5-9-15(14)20-16/h4-5,8-9,12-13,18H,6-7,10-11H2,1-3H3,(H,19,20). The van der Waals surface area contributed by atoms with Gasteiger partial charge in [0, 0.05) is 6.04 Å². The molecule has 0 aliphatic heterocycles.